The average molecular weight is 445 g/mol. The number of furan rings is 1. The van der Waals surface area contributed by atoms with Gasteiger partial charge in [0.15, 0.2) is 0 Å². The van der Waals surface area contributed by atoms with Crippen molar-refractivity contribution >= 4 is 44.0 Å². The summed E-state index contributed by atoms with van der Waals surface area (Å²) in [7, 11) is -3.56. The van der Waals surface area contributed by atoms with Gasteiger partial charge >= 0.3 is 0 Å². The Hall–Kier alpha value is -3.89. The van der Waals surface area contributed by atoms with Crippen molar-refractivity contribution in [1.29, 1.82) is 5.26 Å². The SMILES string of the molecule is CS(=O)(=O)c1nnc(NC(=O)C(C#N)=Cc2ccc(-c3ccc([N+](=O)[O-])cc3)o2)s1. The Morgan fingerprint density at radius 3 is 2.53 bits per heavy atom. The first-order valence-corrected chi connectivity index (χ1v) is 10.7. The van der Waals surface area contributed by atoms with Gasteiger partial charge in [-0.1, -0.05) is 11.3 Å². The van der Waals surface area contributed by atoms with Crippen LogP contribution >= 0.6 is 11.3 Å². The minimum absolute atomic E-state index is 0.0652. The van der Waals surface area contributed by atoms with Crippen LogP contribution in [-0.4, -0.2) is 35.7 Å². The Balaban J connectivity index is 1.77. The fourth-order valence-electron chi connectivity index (χ4n) is 2.20. The first-order chi connectivity index (χ1) is 14.2. The second-order valence-corrected chi connectivity index (χ2v) is 8.94. The van der Waals surface area contributed by atoms with Crippen LogP contribution in [0.1, 0.15) is 5.76 Å². The van der Waals surface area contributed by atoms with Gasteiger partial charge in [-0.15, -0.1) is 10.2 Å². The number of hydrogen-bond acceptors (Lipinski definition) is 10. The molecular weight excluding hydrogens is 434 g/mol. The van der Waals surface area contributed by atoms with Crippen LogP contribution in [0.15, 0.2) is 50.7 Å². The molecule has 0 unspecified atom stereocenters. The largest absolute Gasteiger partial charge is 0.457 e. The highest BCUT2D eigenvalue weighted by Gasteiger charge is 2.18. The summed E-state index contributed by atoms with van der Waals surface area (Å²) in [5, 5.41) is 29.2. The van der Waals surface area contributed by atoms with E-state index in [1.165, 1.54) is 36.4 Å². The maximum Gasteiger partial charge on any atom is 0.269 e. The predicted octanol–water partition coefficient (Wildman–Crippen LogP) is 2.66. The van der Waals surface area contributed by atoms with E-state index in [0.29, 0.717) is 22.7 Å². The second kappa shape index (κ2) is 8.23. The molecule has 30 heavy (non-hydrogen) atoms. The Morgan fingerprint density at radius 2 is 1.97 bits per heavy atom. The van der Waals surface area contributed by atoms with Gasteiger partial charge in [0.2, 0.25) is 19.3 Å². The Labute approximate surface area is 173 Å². The Kier molecular flexibility index (Phi) is 5.72. The third kappa shape index (κ3) is 4.74. The van der Waals surface area contributed by atoms with Crippen LogP contribution < -0.4 is 5.32 Å². The molecule has 1 aromatic carbocycles. The molecule has 3 aromatic rings. The van der Waals surface area contributed by atoms with Gasteiger partial charge in [-0.05, 0) is 24.3 Å². The standard InChI is InChI=1S/C17H11N5O6S2/c1-30(26,27)17-21-20-16(29-17)19-15(23)11(9-18)8-13-6-7-14(28-13)10-2-4-12(5-3-10)22(24)25/h2-8H,1H3,(H,19,20,23). The summed E-state index contributed by atoms with van der Waals surface area (Å²) in [5.41, 5.74) is 0.200. The molecular formula is C17H11N5O6S2. The van der Waals surface area contributed by atoms with Crippen LogP contribution in [0.25, 0.3) is 17.4 Å². The summed E-state index contributed by atoms with van der Waals surface area (Å²) in [6.45, 7) is 0. The molecule has 0 saturated heterocycles. The molecule has 2 heterocycles. The summed E-state index contributed by atoms with van der Waals surface area (Å²) in [6.07, 6.45) is 2.15. The van der Waals surface area contributed by atoms with Crippen LogP contribution in [0.3, 0.4) is 0 Å². The number of nitrogens with zero attached hydrogens (tertiary/aromatic N) is 4. The van der Waals surface area contributed by atoms with E-state index in [0.717, 1.165) is 6.26 Å². The second-order valence-electron chi connectivity index (χ2n) is 5.78. The van der Waals surface area contributed by atoms with E-state index < -0.39 is 20.7 Å². The van der Waals surface area contributed by atoms with Gasteiger partial charge in [0.25, 0.3) is 11.6 Å². The third-order valence-corrected chi connectivity index (χ3v) is 6.09. The predicted molar refractivity (Wildman–Crippen MR) is 106 cm³/mol. The maximum absolute atomic E-state index is 12.3. The van der Waals surface area contributed by atoms with Gasteiger partial charge in [-0.2, -0.15) is 5.26 Å². The minimum Gasteiger partial charge on any atom is -0.457 e. The lowest BCUT2D eigenvalue weighted by Gasteiger charge is -1.99. The van der Waals surface area contributed by atoms with Crippen LogP contribution in [0.5, 0.6) is 0 Å². The quantitative estimate of drug-likeness (QED) is 0.197. The number of carbonyl (C=O) groups is 1. The van der Waals surface area contributed by atoms with Crippen molar-refractivity contribution in [3.05, 3.63) is 57.8 Å². The van der Waals surface area contributed by atoms with E-state index in [4.69, 9.17) is 4.42 Å². The Morgan fingerprint density at radius 1 is 1.27 bits per heavy atom. The number of nitriles is 1. The zero-order valence-electron chi connectivity index (χ0n) is 15.1. The van der Waals surface area contributed by atoms with Gasteiger partial charge in [0, 0.05) is 30.0 Å². The molecule has 152 valence electrons. The summed E-state index contributed by atoms with van der Waals surface area (Å²) in [5.74, 6) is -0.234. The zero-order valence-corrected chi connectivity index (χ0v) is 16.7. The van der Waals surface area contributed by atoms with Crippen molar-refractivity contribution in [2.75, 3.05) is 11.6 Å². The summed E-state index contributed by atoms with van der Waals surface area (Å²) < 4.78 is 28.1. The number of nitro groups is 1. The number of aromatic nitrogens is 2. The lowest BCUT2D eigenvalue weighted by atomic mass is 10.1. The minimum atomic E-state index is -3.56. The van der Waals surface area contributed by atoms with Gasteiger partial charge in [-0.3, -0.25) is 20.2 Å². The number of nitrogens with one attached hydrogen (secondary N) is 1. The van der Waals surface area contributed by atoms with Crippen molar-refractivity contribution in [2.24, 2.45) is 0 Å². The molecule has 0 aliphatic rings. The molecule has 0 bridgehead atoms. The fraction of sp³-hybridized carbons (Fsp3) is 0.0588. The van der Waals surface area contributed by atoms with E-state index >= 15 is 0 Å². The molecule has 0 atom stereocenters. The van der Waals surface area contributed by atoms with E-state index in [1.807, 2.05) is 0 Å². The normalized spacial score (nSPS) is 11.7. The smallest absolute Gasteiger partial charge is 0.269 e. The van der Waals surface area contributed by atoms with Crippen LogP contribution in [0.4, 0.5) is 10.8 Å². The van der Waals surface area contributed by atoms with Crippen molar-refractivity contribution in [2.45, 2.75) is 4.34 Å². The number of carbonyl (C=O) groups excluding carboxylic acids is 1. The fourth-order valence-corrected chi connectivity index (χ4v) is 3.70. The molecule has 0 fully saturated rings. The molecule has 0 radical (unpaired) electrons. The molecule has 1 amide bonds. The summed E-state index contributed by atoms with van der Waals surface area (Å²) >= 11 is 0.657. The average Bonchev–Trinajstić information content (AvgIpc) is 3.35. The van der Waals surface area contributed by atoms with Gasteiger partial charge in [0.1, 0.15) is 23.2 Å². The number of hydrogen-bond donors (Lipinski definition) is 1. The summed E-state index contributed by atoms with van der Waals surface area (Å²) in [6, 6.07) is 10.5. The molecule has 2 aromatic heterocycles. The highest BCUT2D eigenvalue weighted by Crippen LogP contribution is 2.26. The molecule has 0 aliphatic carbocycles. The topological polar surface area (TPSA) is 169 Å². The highest BCUT2D eigenvalue weighted by atomic mass is 32.2. The lowest BCUT2D eigenvalue weighted by Crippen LogP contribution is -2.13. The van der Waals surface area contributed by atoms with Gasteiger partial charge in [0.05, 0.1) is 4.92 Å². The number of non-ortho nitro benzene ring substituents is 1. The molecule has 0 aliphatic heterocycles. The Bertz CT molecular complexity index is 1300. The first-order valence-electron chi connectivity index (χ1n) is 7.99. The molecule has 13 heteroatoms. The van der Waals surface area contributed by atoms with E-state index in [1.54, 1.807) is 12.1 Å². The van der Waals surface area contributed by atoms with Crippen molar-refractivity contribution < 1.29 is 22.6 Å². The van der Waals surface area contributed by atoms with E-state index in [2.05, 4.69) is 15.5 Å². The molecule has 3 rings (SSSR count). The number of nitro benzene ring substituents is 1. The zero-order chi connectivity index (χ0) is 21.9. The number of amides is 1. The molecule has 0 saturated carbocycles. The highest BCUT2D eigenvalue weighted by molar-refractivity contribution is 7.92. The monoisotopic (exact) mass is 445 g/mol. The van der Waals surface area contributed by atoms with E-state index in [-0.39, 0.29) is 26.5 Å². The number of anilines is 1. The number of rotatable bonds is 6. The summed E-state index contributed by atoms with van der Waals surface area (Å²) in [4.78, 5) is 22.5. The van der Waals surface area contributed by atoms with Crippen LogP contribution in [0.2, 0.25) is 0 Å². The molecule has 1 N–H and O–H groups in total. The van der Waals surface area contributed by atoms with Gasteiger partial charge in [-0.25, -0.2) is 8.42 Å². The molecule has 0 spiro atoms. The number of benzene rings is 1. The molecule has 11 nitrogen and oxygen atoms in total. The maximum atomic E-state index is 12.3. The van der Waals surface area contributed by atoms with Crippen molar-refractivity contribution in [1.82, 2.24) is 10.2 Å². The van der Waals surface area contributed by atoms with Gasteiger partial charge < -0.3 is 4.42 Å². The number of sulfone groups is 1. The van der Waals surface area contributed by atoms with Crippen LogP contribution in [-0.2, 0) is 14.6 Å². The van der Waals surface area contributed by atoms with Crippen molar-refractivity contribution in [3.63, 3.8) is 0 Å². The van der Waals surface area contributed by atoms with Crippen molar-refractivity contribution in [3.8, 4) is 17.4 Å². The first kappa shape index (κ1) is 20.8. The van der Waals surface area contributed by atoms with E-state index in [9.17, 15) is 28.6 Å². The lowest BCUT2D eigenvalue weighted by molar-refractivity contribution is -0.384. The third-order valence-electron chi connectivity index (χ3n) is 3.59. The van der Waals surface area contributed by atoms with Crippen LogP contribution in [0, 0.1) is 21.4 Å².